The molecule has 0 heterocycles. The van der Waals surface area contributed by atoms with Gasteiger partial charge in [0.2, 0.25) is 0 Å². The molecule has 0 aromatic heterocycles. The van der Waals surface area contributed by atoms with E-state index in [0.29, 0.717) is 0 Å². The predicted molar refractivity (Wildman–Crippen MR) is 106 cm³/mol. The Labute approximate surface area is 150 Å². The van der Waals surface area contributed by atoms with Crippen molar-refractivity contribution in [2.75, 3.05) is 14.1 Å². The van der Waals surface area contributed by atoms with E-state index in [1.807, 2.05) is 7.05 Å². The van der Waals surface area contributed by atoms with Gasteiger partial charge in [0.25, 0.3) is 0 Å². The molecule has 3 rings (SSSR count). The largest absolute Gasteiger partial charge is 0.346 e. The second kappa shape index (κ2) is 7.35. The van der Waals surface area contributed by atoms with Crippen molar-refractivity contribution in [1.29, 1.82) is 0 Å². The van der Waals surface area contributed by atoms with Crippen molar-refractivity contribution in [1.82, 2.24) is 4.90 Å². The van der Waals surface area contributed by atoms with E-state index >= 15 is 0 Å². The van der Waals surface area contributed by atoms with Gasteiger partial charge in [0.05, 0.1) is 5.84 Å². The van der Waals surface area contributed by atoms with Crippen molar-refractivity contribution in [2.24, 2.45) is 4.99 Å². The maximum atomic E-state index is 4.47. The van der Waals surface area contributed by atoms with Crippen LogP contribution in [0.5, 0.6) is 0 Å². The maximum Gasteiger partial charge on any atom is 0.117 e. The first-order valence-electron chi connectivity index (χ1n) is 8.55. The van der Waals surface area contributed by atoms with Crippen LogP contribution in [0.15, 0.2) is 96.0 Å². The minimum atomic E-state index is -0.437. The highest BCUT2D eigenvalue weighted by atomic mass is 15.2. The predicted octanol–water partition coefficient (Wildman–Crippen LogP) is 4.96. The lowest BCUT2D eigenvalue weighted by atomic mass is 9.75. The maximum absolute atomic E-state index is 4.47. The Kier molecular flexibility index (Phi) is 4.99. The van der Waals surface area contributed by atoms with E-state index in [0.717, 1.165) is 5.84 Å². The summed E-state index contributed by atoms with van der Waals surface area (Å²) < 4.78 is 0. The topological polar surface area (TPSA) is 15.6 Å². The Morgan fingerprint density at radius 3 is 1.28 bits per heavy atom. The van der Waals surface area contributed by atoms with E-state index in [1.165, 1.54) is 16.7 Å². The van der Waals surface area contributed by atoms with Gasteiger partial charge in [0.15, 0.2) is 0 Å². The average Bonchev–Trinajstić information content (AvgIpc) is 2.70. The van der Waals surface area contributed by atoms with Crippen LogP contribution in [0, 0.1) is 0 Å². The summed E-state index contributed by atoms with van der Waals surface area (Å²) in [5.74, 6) is 0.983. The number of benzene rings is 3. The molecule has 0 aliphatic rings. The third kappa shape index (κ3) is 2.96. The Hall–Kier alpha value is -2.87. The molecule has 3 aromatic carbocycles. The van der Waals surface area contributed by atoms with Crippen LogP contribution in [-0.2, 0) is 5.54 Å². The lowest BCUT2D eigenvalue weighted by Gasteiger charge is -2.44. The van der Waals surface area contributed by atoms with Gasteiger partial charge in [-0.1, -0.05) is 91.0 Å². The van der Waals surface area contributed by atoms with Gasteiger partial charge in [-0.05, 0) is 23.6 Å². The molecule has 0 fully saturated rings. The van der Waals surface area contributed by atoms with Crippen LogP contribution in [0.25, 0.3) is 0 Å². The highest BCUT2D eigenvalue weighted by Gasteiger charge is 2.40. The quantitative estimate of drug-likeness (QED) is 0.375. The summed E-state index contributed by atoms with van der Waals surface area (Å²) in [6.07, 6.45) is 0. The number of hydrogen-bond donors (Lipinski definition) is 0. The molecule has 0 N–H and O–H groups in total. The van der Waals surface area contributed by atoms with Crippen LogP contribution in [0.3, 0.4) is 0 Å². The van der Waals surface area contributed by atoms with Crippen molar-refractivity contribution in [3.05, 3.63) is 108 Å². The van der Waals surface area contributed by atoms with Crippen molar-refractivity contribution in [3.8, 4) is 0 Å². The zero-order chi connectivity index (χ0) is 17.7. The Balaban J connectivity index is 2.40. The van der Waals surface area contributed by atoms with Gasteiger partial charge in [-0.3, -0.25) is 4.99 Å². The first-order valence-corrected chi connectivity index (χ1v) is 8.55. The molecule has 2 nitrogen and oxygen atoms in total. The fourth-order valence-electron chi connectivity index (χ4n) is 3.51. The molecular formula is C23H24N2. The molecule has 0 bridgehead atoms. The first kappa shape index (κ1) is 17.0. The molecule has 3 aromatic rings. The molecule has 0 atom stereocenters. The summed E-state index contributed by atoms with van der Waals surface area (Å²) in [5.41, 5.74) is 3.22. The summed E-state index contributed by atoms with van der Waals surface area (Å²) in [6, 6.07) is 31.9. The summed E-state index contributed by atoms with van der Waals surface area (Å²) in [4.78, 5) is 6.74. The number of nitrogens with zero attached hydrogens (tertiary/aromatic N) is 2. The minimum Gasteiger partial charge on any atom is -0.346 e. The Morgan fingerprint density at radius 2 is 1.00 bits per heavy atom. The SMILES string of the molecule is CN=C(C)N(C)C(c1ccccc1)(c1ccccc1)c1ccccc1. The molecule has 0 aliphatic heterocycles. The van der Waals surface area contributed by atoms with Gasteiger partial charge in [-0.25, -0.2) is 0 Å². The lowest BCUT2D eigenvalue weighted by molar-refractivity contribution is 0.314. The fraction of sp³-hybridized carbons (Fsp3) is 0.174. The summed E-state index contributed by atoms with van der Waals surface area (Å²) in [5, 5.41) is 0. The molecule has 2 heteroatoms. The fourth-order valence-corrected chi connectivity index (χ4v) is 3.51. The molecule has 0 spiro atoms. The first-order chi connectivity index (χ1) is 12.2. The van der Waals surface area contributed by atoms with E-state index in [-0.39, 0.29) is 0 Å². The molecule has 0 radical (unpaired) electrons. The van der Waals surface area contributed by atoms with Gasteiger partial charge in [0.1, 0.15) is 5.54 Å². The number of aliphatic imine (C=N–C) groups is 1. The molecule has 126 valence electrons. The van der Waals surface area contributed by atoms with E-state index in [9.17, 15) is 0 Å². The molecule has 0 unspecified atom stereocenters. The van der Waals surface area contributed by atoms with Gasteiger partial charge >= 0.3 is 0 Å². The van der Waals surface area contributed by atoms with Gasteiger partial charge in [0, 0.05) is 14.1 Å². The third-order valence-electron chi connectivity index (χ3n) is 4.89. The van der Waals surface area contributed by atoms with Crippen LogP contribution >= 0.6 is 0 Å². The lowest BCUT2D eigenvalue weighted by Crippen LogP contribution is -2.48. The highest BCUT2D eigenvalue weighted by Crippen LogP contribution is 2.41. The Morgan fingerprint density at radius 1 is 0.680 bits per heavy atom. The van der Waals surface area contributed by atoms with Crippen molar-refractivity contribution in [3.63, 3.8) is 0 Å². The molecule has 0 aliphatic carbocycles. The molecular weight excluding hydrogens is 304 g/mol. The minimum absolute atomic E-state index is 0.437. The van der Waals surface area contributed by atoms with Crippen LogP contribution in [0.1, 0.15) is 23.6 Å². The van der Waals surface area contributed by atoms with Gasteiger partial charge in [-0.15, -0.1) is 0 Å². The normalized spacial score (nSPS) is 12.0. The second-order valence-electron chi connectivity index (χ2n) is 6.14. The zero-order valence-corrected chi connectivity index (χ0v) is 15.1. The van der Waals surface area contributed by atoms with Crippen LogP contribution < -0.4 is 0 Å². The number of amidine groups is 1. The number of rotatable bonds is 4. The van der Waals surface area contributed by atoms with E-state index in [2.05, 4.69) is 115 Å². The molecule has 0 amide bonds. The molecule has 25 heavy (non-hydrogen) atoms. The van der Waals surface area contributed by atoms with Crippen molar-refractivity contribution < 1.29 is 0 Å². The molecule has 0 saturated carbocycles. The van der Waals surface area contributed by atoms with Crippen LogP contribution in [-0.4, -0.2) is 24.8 Å². The van der Waals surface area contributed by atoms with E-state index in [4.69, 9.17) is 0 Å². The standard InChI is InChI=1S/C23H24N2/c1-19(24-2)25(3)23(20-13-7-4-8-14-20,21-15-9-5-10-16-21)22-17-11-6-12-18-22/h4-18H,1-3H3. The Bertz CT molecular complexity index is 727. The van der Waals surface area contributed by atoms with Crippen LogP contribution in [0.4, 0.5) is 0 Å². The second-order valence-corrected chi connectivity index (χ2v) is 6.14. The smallest absolute Gasteiger partial charge is 0.117 e. The third-order valence-corrected chi connectivity index (χ3v) is 4.89. The summed E-state index contributed by atoms with van der Waals surface area (Å²) in [7, 11) is 3.97. The van der Waals surface area contributed by atoms with E-state index in [1.54, 1.807) is 0 Å². The van der Waals surface area contributed by atoms with Gasteiger partial charge in [-0.2, -0.15) is 0 Å². The molecule has 0 saturated heterocycles. The number of hydrogen-bond acceptors (Lipinski definition) is 1. The summed E-state index contributed by atoms with van der Waals surface area (Å²) in [6.45, 7) is 2.06. The zero-order valence-electron chi connectivity index (χ0n) is 15.1. The van der Waals surface area contributed by atoms with Crippen LogP contribution in [0.2, 0.25) is 0 Å². The van der Waals surface area contributed by atoms with E-state index < -0.39 is 5.54 Å². The van der Waals surface area contributed by atoms with Gasteiger partial charge < -0.3 is 4.90 Å². The van der Waals surface area contributed by atoms with Crippen molar-refractivity contribution >= 4 is 5.84 Å². The van der Waals surface area contributed by atoms with Crippen molar-refractivity contribution in [2.45, 2.75) is 12.5 Å². The highest BCUT2D eigenvalue weighted by molar-refractivity contribution is 5.82. The summed E-state index contributed by atoms with van der Waals surface area (Å²) >= 11 is 0. The average molecular weight is 328 g/mol. The monoisotopic (exact) mass is 328 g/mol.